The van der Waals surface area contributed by atoms with E-state index < -0.39 is 11.7 Å². The number of hydrogen-bond acceptors (Lipinski definition) is 1. The van der Waals surface area contributed by atoms with Crippen molar-refractivity contribution >= 4 is 29.1 Å². The van der Waals surface area contributed by atoms with Gasteiger partial charge in [-0.25, -0.2) is 0 Å². The summed E-state index contributed by atoms with van der Waals surface area (Å²) in [5.74, 6) is -0.292. The fraction of sp³-hybridized carbons (Fsp3) is 0.296. The molecule has 0 saturated carbocycles. The molecule has 0 aromatic heterocycles. The van der Waals surface area contributed by atoms with Gasteiger partial charge in [0.15, 0.2) is 0 Å². The Morgan fingerprint density at radius 3 is 1.94 bits per heavy atom. The monoisotopic (exact) mass is 507 g/mol. The molecule has 0 spiro atoms. The normalized spacial score (nSPS) is 12.0. The molecule has 0 aliphatic carbocycles. The van der Waals surface area contributed by atoms with E-state index in [-0.39, 0.29) is 21.9 Å². The lowest BCUT2D eigenvalue weighted by atomic mass is 9.87. The van der Waals surface area contributed by atoms with E-state index in [9.17, 15) is 18.0 Å². The molecule has 7 heteroatoms. The Morgan fingerprint density at radius 2 is 1.38 bits per heavy atom. The Morgan fingerprint density at radius 1 is 0.824 bits per heavy atom. The van der Waals surface area contributed by atoms with Gasteiger partial charge in [-0.2, -0.15) is 13.2 Å². The van der Waals surface area contributed by atoms with Gasteiger partial charge < -0.3 is 4.90 Å². The SMILES string of the molecule is CC(C)(C)c1ccc(CN(CCc2ccc(C(F)(F)F)cc2)C(=O)c2cc(Cl)ccc2Cl)cc1. The van der Waals surface area contributed by atoms with Crippen LogP contribution in [-0.2, 0) is 24.6 Å². The first-order chi connectivity index (χ1) is 15.8. The molecule has 0 radical (unpaired) electrons. The number of benzene rings is 3. The first-order valence-corrected chi connectivity index (χ1v) is 11.6. The fourth-order valence-corrected chi connectivity index (χ4v) is 3.91. The van der Waals surface area contributed by atoms with Crippen LogP contribution >= 0.6 is 23.2 Å². The summed E-state index contributed by atoms with van der Waals surface area (Å²) in [6.45, 7) is 7.01. The summed E-state index contributed by atoms with van der Waals surface area (Å²) in [6.07, 6.45) is -3.99. The first kappa shape index (κ1) is 26.1. The number of halogens is 5. The van der Waals surface area contributed by atoms with Crippen LogP contribution in [0.2, 0.25) is 10.0 Å². The summed E-state index contributed by atoms with van der Waals surface area (Å²) in [7, 11) is 0. The van der Waals surface area contributed by atoms with Crippen molar-refractivity contribution in [2.24, 2.45) is 0 Å². The summed E-state index contributed by atoms with van der Waals surface area (Å²) in [4.78, 5) is 15.0. The van der Waals surface area contributed by atoms with Gasteiger partial charge in [0.05, 0.1) is 16.1 Å². The van der Waals surface area contributed by atoms with Crippen molar-refractivity contribution < 1.29 is 18.0 Å². The van der Waals surface area contributed by atoms with Crippen molar-refractivity contribution in [3.05, 3.63) is 105 Å². The van der Waals surface area contributed by atoms with E-state index in [4.69, 9.17) is 23.2 Å². The van der Waals surface area contributed by atoms with Gasteiger partial charge in [-0.05, 0) is 58.9 Å². The molecule has 0 unspecified atom stereocenters. The van der Waals surface area contributed by atoms with Crippen LogP contribution < -0.4 is 0 Å². The lowest BCUT2D eigenvalue weighted by Crippen LogP contribution is -2.32. The van der Waals surface area contributed by atoms with Gasteiger partial charge in [-0.15, -0.1) is 0 Å². The summed E-state index contributed by atoms with van der Waals surface area (Å²) < 4.78 is 38.6. The van der Waals surface area contributed by atoms with E-state index in [1.807, 2.05) is 24.3 Å². The van der Waals surface area contributed by atoms with Gasteiger partial charge in [0, 0.05) is 18.1 Å². The molecule has 2 nitrogen and oxygen atoms in total. The zero-order valence-electron chi connectivity index (χ0n) is 19.2. The third-order valence-corrected chi connectivity index (χ3v) is 6.16. The lowest BCUT2D eigenvalue weighted by Gasteiger charge is -2.25. The van der Waals surface area contributed by atoms with E-state index in [0.717, 1.165) is 17.7 Å². The molecule has 0 N–H and O–H groups in total. The average molecular weight is 508 g/mol. The number of alkyl halides is 3. The molecule has 0 bridgehead atoms. The highest BCUT2D eigenvalue weighted by atomic mass is 35.5. The molecular formula is C27H26Cl2F3NO. The van der Waals surface area contributed by atoms with Crippen molar-refractivity contribution in [2.75, 3.05) is 6.54 Å². The Kier molecular flexibility index (Phi) is 7.99. The van der Waals surface area contributed by atoms with E-state index in [1.54, 1.807) is 17.0 Å². The van der Waals surface area contributed by atoms with Crippen molar-refractivity contribution in [1.29, 1.82) is 0 Å². The number of amides is 1. The molecule has 0 atom stereocenters. The molecule has 0 saturated heterocycles. The van der Waals surface area contributed by atoms with Crippen LogP contribution in [0, 0.1) is 0 Å². The fourth-order valence-electron chi connectivity index (χ4n) is 3.54. The van der Waals surface area contributed by atoms with Crippen molar-refractivity contribution in [3.8, 4) is 0 Å². The van der Waals surface area contributed by atoms with E-state index in [0.29, 0.717) is 30.1 Å². The highest BCUT2D eigenvalue weighted by Crippen LogP contribution is 2.29. The smallest absolute Gasteiger partial charge is 0.334 e. The van der Waals surface area contributed by atoms with Gasteiger partial charge >= 0.3 is 6.18 Å². The van der Waals surface area contributed by atoms with Crippen molar-refractivity contribution in [2.45, 2.75) is 45.3 Å². The zero-order valence-corrected chi connectivity index (χ0v) is 20.7. The molecule has 3 rings (SSSR count). The highest BCUT2D eigenvalue weighted by Gasteiger charge is 2.30. The van der Waals surface area contributed by atoms with Crippen LogP contribution in [0.15, 0.2) is 66.7 Å². The molecular weight excluding hydrogens is 482 g/mol. The molecule has 3 aromatic carbocycles. The summed E-state index contributed by atoms with van der Waals surface area (Å²) in [6, 6.07) is 17.8. The van der Waals surface area contributed by atoms with Crippen LogP contribution in [0.5, 0.6) is 0 Å². The van der Waals surface area contributed by atoms with Crippen LogP contribution in [-0.4, -0.2) is 17.4 Å². The number of carbonyl (C=O) groups excluding carboxylic acids is 1. The summed E-state index contributed by atoms with van der Waals surface area (Å²) in [5.41, 5.74) is 2.40. The molecule has 3 aromatic rings. The second-order valence-corrected chi connectivity index (χ2v) is 10.1. The number of carbonyl (C=O) groups is 1. The molecule has 0 aliphatic rings. The molecule has 0 heterocycles. The van der Waals surface area contributed by atoms with Gasteiger partial charge in [-0.1, -0.05) is 80.4 Å². The summed E-state index contributed by atoms with van der Waals surface area (Å²) >= 11 is 12.4. The van der Waals surface area contributed by atoms with E-state index >= 15 is 0 Å². The number of rotatable bonds is 6. The Labute approximate surface area is 208 Å². The predicted octanol–water partition coefficient (Wildman–Crippen LogP) is 8.19. The average Bonchev–Trinajstić information content (AvgIpc) is 2.77. The van der Waals surface area contributed by atoms with Crippen LogP contribution in [0.25, 0.3) is 0 Å². The maximum atomic E-state index is 13.4. The van der Waals surface area contributed by atoms with E-state index in [2.05, 4.69) is 20.8 Å². The minimum absolute atomic E-state index is 0.00489. The van der Waals surface area contributed by atoms with Crippen LogP contribution in [0.3, 0.4) is 0 Å². The third-order valence-electron chi connectivity index (χ3n) is 5.59. The highest BCUT2D eigenvalue weighted by molar-refractivity contribution is 6.35. The minimum Gasteiger partial charge on any atom is -0.334 e. The largest absolute Gasteiger partial charge is 0.416 e. The third kappa shape index (κ3) is 6.77. The second kappa shape index (κ2) is 10.4. The van der Waals surface area contributed by atoms with Crippen molar-refractivity contribution in [3.63, 3.8) is 0 Å². The van der Waals surface area contributed by atoms with Crippen molar-refractivity contribution in [1.82, 2.24) is 4.90 Å². The Bertz CT molecular complexity index is 1130. The molecule has 0 fully saturated rings. The first-order valence-electron chi connectivity index (χ1n) is 10.8. The maximum Gasteiger partial charge on any atom is 0.416 e. The van der Waals surface area contributed by atoms with Gasteiger partial charge in [-0.3, -0.25) is 4.79 Å². The summed E-state index contributed by atoms with van der Waals surface area (Å²) in [5, 5.41) is 0.682. The molecule has 34 heavy (non-hydrogen) atoms. The lowest BCUT2D eigenvalue weighted by molar-refractivity contribution is -0.137. The van der Waals surface area contributed by atoms with Gasteiger partial charge in [0.1, 0.15) is 0 Å². The number of nitrogens with zero attached hydrogens (tertiary/aromatic N) is 1. The maximum absolute atomic E-state index is 13.4. The standard InChI is InChI=1S/C27H26Cl2F3NO/c1-26(2,3)20-8-6-19(7-9-20)17-33(25(34)23-16-22(28)12-13-24(23)29)15-14-18-4-10-21(11-5-18)27(30,31)32/h4-13,16H,14-15,17H2,1-3H3. The number of hydrogen-bond donors (Lipinski definition) is 0. The minimum atomic E-state index is -4.39. The predicted molar refractivity (Wildman–Crippen MR) is 131 cm³/mol. The quantitative estimate of drug-likeness (QED) is 0.329. The molecule has 0 aliphatic heterocycles. The molecule has 180 valence electrons. The zero-order chi connectivity index (χ0) is 25.1. The van der Waals surface area contributed by atoms with Crippen LogP contribution in [0.4, 0.5) is 13.2 Å². The molecule has 1 amide bonds. The van der Waals surface area contributed by atoms with Crippen LogP contribution in [0.1, 0.15) is 53.4 Å². The van der Waals surface area contributed by atoms with Gasteiger partial charge in [0.25, 0.3) is 5.91 Å². The van der Waals surface area contributed by atoms with E-state index in [1.165, 1.54) is 23.8 Å². The second-order valence-electron chi connectivity index (χ2n) is 9.24. The Balaban J connectivity index is 1.84. The Hall–Kier alpha value is -2.50. The topological polar surface area (TPSA) is 20.3 Å². The van der Waals surface area contributed by atoms with Gasteiger partial charge in [0.2, 0.25) is 0 Å².